The Morgan fingerprint density at radius 3 is 2.56 bits per heavy atom. The summed E-state index contributed by atoms with van der Waals surface area (Å²) in [5, 5.41) is 21.3. The number of nitrogen functional groups attached to an aromatic ring is 1. The zero-order valence-corrected chi connectivity index (χ0v) is 15.7. The number of nitrogens with one attached hydrogen (secondary N) is 1. The van der Waals surface area contributed by atoms with Crippen LogP contribution in [0.25, 0.3) is 0 Å². The highest BCUT2D eigenvalue weighted by Crippen LogP contribution is 2.06. The van der Waals surface area contributed by atoms with Crippen LogP contribution in [0.5, 0.6) is 0 Å². The Morgan fingerprint density at radius 2 is 1.93 bits per heavy atom. The number of nitrogens with two attached hydrogens (primary N) is 1. The molecule has 0 spiro atoms. The van der Waals surface area contributed by atoms with Gasteiger partial charge in [0.25, 0.3) is 0 Å². The maximum atomic E-state index is 11.8. The summed E-state index contributed by atoms with van der Waals surface area (Å²) in [6.07, 6.45) is 0.136. The highest BCUT2D eigenvalue weighted by atomic mass is 16.6. The van der Waals surface area contributed by atoms with Crippen molar-refractivity contribution in [1.82, 2.24) is 5.32 Å². The lowest BCUT2D eigenvalue weighted by Gasteiger charge is -2.18. The lowest BCUT2D eigenvalue weighted by atomic mass is 10.1. The fourth-order valence-corrected chi connectivity index (χ4v) is 2.28. The monoisotopic (exact) mass is 382 g/mol. The first-order valence-electron chi connectivity index (χ1n) is 9.15. The van der Waals surface area contributed by atoms with Crippen molar-refractivity contribution in [3.8, 4) is 0 Å². The van der Waals surface area contributed by atoms with Crippen molar-refractivity contribution >= 4 is 17.6 Å². The Bertz CT molecular complexity index is 560. The van der Waals surface area contributed by atoms with Gasteiger partial charge in [-0.3, -0.25) is 9.59 Å². The second kappa shape index (κ2) is 13.1. The molecular formula is C19H30N2O6. The number of aliphatic hydroxyl groups excluding tert-OH is 2. The third-order valence-electron chi connectivity index (χ3n) is 3.90. The molecule has 0 saturated carbocycles. The van der Waals surface area contributed by atoms with Gasteiger partial charge < -0.3 is 30.7 Å². The third-order valence-corrected chi connectivity index (χ3v) is 3.90. The molecule has 0 heterocycles. The Balaban J connectivity index is 2.09. The fourth-order valence-electron chi connectivity index (χ4n) is 2.28. The van der Waals surface area contributed by atoms with Gasteiger partial charge in [0.05, 0.1) is 12.7 Å². The molecule has 0 aliphatic heterocycles. The molecule has 0 fully saturated rings. The van der Waals surface area contributed by atoms with E-state index in [-0.39, 0.29) is 32.0 Å². The predicted molar refractivity (Wildman–Crippen MR) is 101 cm³/mol. The van der Waals surface area contributed by atoms with Gasteiger partial charge in [0.15, 0.2) is 6.29 Å². The molecule has 0 aliphatic carbocycles. The molecule has 0 aromatic heterocycles. The number of anilines is 1. The molecule has 1 aromatic carbocycles. The number of hydrogen-bond acceptors (Lipinski definition) is 7. The summed E-state index contributed by atoms with van der Waals surface area (Å²) in [5.41, 5.74) is 7.40. The summed E-state index contributed by atoms with van der Waals surface area (Å²) < 4.78 is 9.97. The second-order valence-electron chi connectivity index (χ2n) is 6.18. The molecule has 1 aromatic rings. The summed E-state index contributed by atoms with van der Waals surface area (Å²) in [7, 11) is 0. The molecule has 5 N–H and O–H groups in total. The van der Waals surface area contributed by atoms with Crippen molar-refractivity contribution < 1.29 is 29.3 Å². The van der Waals surface area contributed by atoms with Crippen LogP contribution in [-0.2, 0) is 25.5 Å². The lowest BCUT2D eigenvalue weighted by Crippen LogP contribution is -2.29. The molecule has 2 unspecified atom stereocenters. The van der Waals surface area contributed by atoms with Gasteiger partial charge in [0, 0.05) is 25.1 Å². The topological polar surface area (TPSA) is 131 Å². The molecule has 1 amide bonds. The van der Waals surface area contributed by atoms with E-state index < -0.39 is 18.4 Å². The number of ether oxygens (including phenoxy) is 2. The summed E-state index contributed by atoms with van der Waals surface area (Å²) in [6.45, 7) is 1.80. The fraction of sp³-hybridized carbons (Fsp3) is 0.579. The molecule has 0 bridgehead atoms. The van der Waals surface area contributed by atoms with Gasteiger partial charge in [-0.05, 0) is 37.0 Å². The van der Waals surface area contributed by atoms with Crippen LogP contribution in [0.4, 0.5) is 5.69 Å². The molecular weight excluding hydrogens is 352 g/mol. The van der Waals surface area contributed by atoms with Crippen molar-refractivity contribution in [3.05, 3.63) is 29.8 Å². The smallest absolute Gasteiger partial charge is 0.305 e. The van der Waals surface area contributed by atoms with E-state index in [1.54, 1.807) is 6.92 Å². The normalized spacial score (nSPS) is 13.0. The minimum absolute atomic E-state index is 0.0787. The quantitative estimate of drug-likeness (QED) is 0.225. The largest absolute Gasteiger partial charge is 0.460 e. The van der Waals surface area contributed by atoms with Gasteiger partial charge >= 0.3 is 5.97 Å². The molecule has 8 heteroatoms. The number of benzene rings is 1. The lowest BCUT2D eigenvalue weighted by molar-refractivity contribution is -0.183. The SMILES string of the molecule is CCC(CO)OC(O)COC(=O)CCCC(=O)NCCc1ccc(N)cc1. The van der Waals surface area contributed by atoms with Crippen molar-refractivity contribution in [1.29, 1.82) is 0 Å². The highest BCUT2D eigenvalue weighted by Gasteiger charge is 2.14. The average Bonchev–Trinajstić information content (AvgIpc) is 2.66. The minimum atomic E-state index is -1.28. The van der Waals surface area contributed by atoms with E-state index in [0.29, 0.717) is 31.5 Å². The molecule has 0 aliphatic rings. The number of esters is 1. The van der Waals surface area contributed by atoms with Crippen LogP contribution in [0, 0.1) is 0 Å². The number of amides is 1. The van der Waals surface area contributed by atoms with Gasteiger partial charge in [0.2, 0.25) is 5.91 Å². The Hall–Kier alpha value is -2.16. The second-order valence-corrected chi connectivity index (χ2v) is 6.18. The van der Waals surface area contributed by atoms with Crippen molar-refractivity contribution in [2.75, 3.05) is 25.5 Å². The van der Waals surface area contributed by atoms with Crippen LogP contribution in [-0.4, -0.2) is 54.2 Å². The zero-order chi connectivity index (χ0) is 20.1. The first-order chi connectivity index (χ1) is 12.9. The number of carbonyl (C=O) groups is 2. The Kier molecular flexibility index (Phi) is 11.1. The van der Waals surface area contributed by atoms with E-state index in [4.69, 9.17) is 20.3 Å². The average molecular weight is 382 g/mol. The highest BCUT2D eigenvalue weighted by molar-refractivity contribution is 5.77. The molecule has 0 radical (unpaired) electrons. The van der Waals surface area contributed by atoms with Crippen LogP contribution < -0.4 is 11.1 Å². The number of hydrogen-bond donors (Lipinski definition) is 4. The number of rotatable bonds is 13. The number of carbonyl (C=O) groups excluding carboxylic acids is 2. The van der Waals surface area contributed by atoms with E-state index in [1.807, 2.05) is 24.3 Å². The first kappa shape index (κ1) is 22.9. The van der Waals surface area contributed by atoms with Gasteiger partial charge in [0.1, 0.15) is 6.61 Å². The summed E-state index contributed by atoms with van der Waals surface area (Å²) in [6, 6.07) is 7.46. The van der Waals surface area contributed by atoms with Crippen LogP contribution in [0.1, 0.15) is 38.2 Å². The summed E-state index contributed by atoms with van der Waals surface area (Å²) >= 11 is 0. The molecule has 27 heavy (non-hydrogen) atoms. The van der Waals surface area contributed by atoms with E-state index in [9.17, 15) is 14.7 Å². The molecule has 1 rings (SSSR count). The maximum Gasteiger partial charge on any atom is 0.305 e. The zero-order valence-electron chi connectivity index (χ0n) is 15.7. The molecule has 2 atom stereocenters. The van der Waals surface area contributed by atoms with Gasteiger partial charge in [-0.2, -0.15) is 0 Å². The van der Waals surface area contributed by atoms with E-state index in [2.05, 4.69) is 5.32 Å². The van der Waals surface area contributed by atoms with Gasteiger partial charge in [-0.1, -0.05) is 19.1 Å². The Labute approximate surface area is 159 Å². The van der Waals surface area contributed by atoms with Crippen molar-refractivity contribution in [2.24, 2.45) is 0 Å². The first-order valence-corrected chi connectivity index (χ1v) is 9.15. The van der Waals surface area contributed by atoms with E-state index in [0.717, 1.165) is 5.56 Å². The van der Waals surface area contributed by atoms with Crippen molar-refractivity contribution in [2.45, 2.75) is 51.4 Å². The molecule has 0 saturated heterocycles. The summed E-state index contributed by atoms with van der Waals surface area (Å²) in [5.74, 6) is -0.639. The van der Waals surface area contributed by atoms with Gasteiger partial charge in [-0.15, -0.1) is 0 Å². The van der Waals surface area contributed by atoms with Crippen LogP contribution >= 0.6 is 0 Å². The Morgan fingerprint density at radius 1 is 1.22 bits per heavy atom. The van der Waals surface area contributed by atoms with Crippen LogP contribution in [0.3, 0.4) is 0 Å². The van der Waals surface area contributed by atoms with Crippen LogP contribution in [0.15, 0.2) is 24.3 Å². The third kappa shape index (κ3) is 10.5. The molecule has 8 nitrogen and oxygen atoms in total. The van der Waals surface area contributed by atoms with E-state index in [1.165, 1.54) is 0 Å². The number of aliphatic hydroxyl groups is 2. The van der Waals surface area contributed by atoms with Crippen LogP contribution in [0.2, 0.25) is 0 Å². The molecule has 152 valence electrons. The standard InChI is InChI=1S/C19H30N2O6/c1-2-16(12-22)27-19(25)13-26-18(24)5-3-4-17(23)21-11-10-14-6-8-15(20)9-7-14/h6-9,16,19,22,25H,2-5,10-13,20H2,1H3,(H,21,23). The van der Waals surface area contributed by atoms with Crippen molar-refractivity contribution in [3.63, 3.8) is 0 Å². The van der Waals surface area contributed by atoms with Gasteiger partial charge in [-0.25, -0.2) is 0 Å². The maximum absolute atomic E-state index is 11.8. The van der Waals surface area contributed by atoms with E-state index >= 15 is 0 Å². The summed E-state index contributed by atoms with van der Waals surface area (Å²) in [4.78, 5) is 23.4. The predicted octanol–water partition coefficient (Wildman–Crippen LogP) is 0.747. The minimum Gasteiger partial charge on any atom is -0.460 e.